The molecule has 0 aromatic heterocycles. The molecule has 0 rings (SSSR count). The van der Waals surface area contributed by atoms with Gasteiger partial charge in [0.05, 0.1) is 6.26 Å². The molecule has 0 saturated carbocycles. The fourth-order valence-corrected chi connectivity index (χ4v) is 2.10. The number of nitrogens with zero attached hydrogens (tertiary/aromatic N) is 1. The Labute approximate surface area is 91.9 Å². The predicted molar refractivity (Wildman–Crippen MR) is 60.0 cm³/mol. The van der Waals surface area contributed by atoms with Gasteiger partial charge in [-0.05, 0) is 6.42 Å². The van der Waals surface area contributed by atoms with Crippen molar-refractivity contribution in [2.45, 2.75) is 26.7 Å². The van der Waals surface area contributed by atoms with Gasteiger partial charge in [0.25, 0.3) is 0 Å². The van der Waals surface area contributed by atoms with Gasteiger partial charge in [0.2, 0.25) is 15.9 Å². The van der Waals surface area contributed by atoms with E-state index in [1.165, 1.54) is 10.6 Å². The standard InChI is InChI=1S/C9H20N2O3S/c1-4-9(12)10-7-6-8-11(5-2)15(3,13)14/h4-8H2,1-3H3,(H,10,12). The number of rotatable bonds is 7. The molecule has 0 aromatic rings. The van der Waals surface area contributed by atoms with Crippen LogP contribution in [0.1, 0.15) is 26.7 Å². The topological polar surface area (TPSA) is 66.5 Å². The van der Waals surface area contributed by atoms with E-state index in [2.05, 4.69) is 5.32 Å². The van der Waals surface area contributed by atoms with Gasteiger partial charge < -0.3 is 5.32 Å². The van der Waals surface area contributed by atoms with Gasteiger partial charge in [0.15, 0.2) is 0 Å². The van der Waals surface area contributed by atoms with Crippen LogP contribution < -0.4 is 5.32 Å². The molecule has 1 amide bonds. The van der Waals surface area contributed by atoms with Gasteiger partial charge in [0.1, 0.15) is 0 Å². The zero-order valence-electron chi connectivity index (χ0n) is 9.62. The molecule has 0 spiro atoms. The Hall–Kier alpha value is -0.620. The maximum Gasteiger partial charge on any atom is 0.219 e. The number of hydrogen-bond donors (Lipinski definition) is 1. The van der Waals surface area contributed by atoms with Crippen LogP contribution in [-0.4, -0.2) is 44.5 Å². The summed E-state index contributed by atoms with van der Waals surface area (Å²) in [5.41, 5.74) is 0. The van der Waals surface area contributed by atoms with E-state index < -0.39 is 10.0 Å². The van der Waals surface area contributed by atoms with E-state index in [1.807, 2.05) is 0 Å². The lowest BCUT2D eigenvalue weighted by Gasteiger charge is -2.17. The second-order valence-corrected chi connectivity index (χ2v) is 5.29. The molecule has 0 saturated heterocycles. The highest BCUT2D eigenvalue weighted by Gasteiger charge is 2.12. The maximum absolute atomic E-state index is 11.2. The van der Waals surface area contributed by atoms with Crippen LogP contribution in [0, 0.1) is 0 Å². The van der Waals surface area contributed by atoms with Gasteiger partial charge >= 0.3 is 0 Å². The summed E-state index contributed by atoms with van der Waals surface area (Å²) >= 11 is 0. The number of carbonyl (C=O) groups excluding carboxylic acids is 1. The lowest BCUT2D eigenvalue weighted by atomic mass is 10.4. The maximum atomic E-state index is 11.2. The SMILES string of the molecule is CCC(=O)NCCCN(CC)S(C)(=O)=O. The molecule has 0 aliphatic rings. The number of nitrogens with one attached hydrogen (secondary N) is 1. The molecule has 90 valence electrons. The normalized spacial score (nSPS) is 11.7. The third-order valence-corrected chi connectivity index (χ3v) is 3.43. The Morgan fingerprint density at radius 3 is 2.33 bits per heavy atom. The minimum Gasteiger partial charge on any atom is -0.356 e. The lowest BCUT2D eigenvalue weighted by molar-refractivity contribution is -0.120. The average Bonchev–Trinajstić information content (AvgIpc) is 2.15. The first-order chi connectivity index (χ1) is 6.91. The van der Waals surface area contributed by atoms with Crippen LogP contribution >= 0.6 is 0 Å². The van der Waals surface area contributed by atoms with Crippen LogP contribution in [-0.2, 0) is 14.8 Å². The quantitative estimate of drug-likeness (QED) is 0.641. The molecule has 0 radical (unpaired) electrons. The summed E-state index contributed by atoms with van der Waals surface area (Å²) in [6.45, 7) is 5.04. The molecular weight excluding hydrogens is 216 g/mol. The molecular formula is C9H20N2O3S. The van der Waals surface area contributed by atoms with Crippen LogP contribution in [0.5, 0.6) is 0 Å². The molecule has 1 N–H and O–H groups in total. The highest BCUT2D eigenvalue weighted by atomic mass is 32.2. The van der Waals surface area contributed by atoms with Crippen molar-refractivity contribution >= 4 is 15.9 Å². The summed E-state index contributed by atoms with van der Waals surface area (Å²) in [5.74, 6) is -0.00240. The van der Waals surface area contributed by atoms with Crippen molar-refractivity contribution in [1.29, 1.82) is 0 Å². The first-order valence-electron chi connectivity index (χ1n) is 5.13. The second-order valence-electron chi connectivity index (χ2n) is 3.31. The van der Waals surface area contributed by atoms with E-state index in [0.717, 1.165) is 0 Å². The molecule has 5 nitrogen and oxygen atoms in total. The van der Waals surface area contributed by atoms with Gasteiger partial charge in [-0.1, -0.05) is 13.8 Å². The van der Waals surface area contributed by atoms with Crippen molar-refractivity contribution in [3.63, 3.8) is 0 Å². The summed E-state index contributed by atoms with van der Waals surface area (Å²) in [4.78, 5) is 10.9. The van der Waals surface area contributed by atoms with Gasteiger partial charge in [-0.15, -0.1) is 0 Å². The highest BCUT2D eigenvalue weighted by molar-refractivity contribution is 7.88. The van der Waals surface area contributed by atoms with E-state index in [-0.39, 0.29) is 5.91 Å². The average molecular weight is 236 g/mol. The minimum absolute atomic E-state index is 0.00240. The summed E-state index contributed by atoms with van der Waals surface area (Å²) < 4.78 is 23.8. The number of hydrogen-bond acceptors (Lipinski definition) is 3. The molecule has 0 aliphatic carbocycles. The fourth-order valence-electron chi connectivity index (χ4n) is 1.17. The van der Waals surface area contributed by atoms with Crippen LogP contribution in [0.4, 0.5) is 0 Å². The number of sulfonamides is 1. The van der Waals surface area contributed by atoms with E-state index in [4.69, 9.17) is 0 Å². The summed E-state index contributed by atoms with van der Waals surface area (Å²) in [6.07, 6.45) is 2.30. The highest BCUT2D eigenvalue weighted by Crippen LogP contribution is 1.98. The van der Waals surface area contributed by atoms with Gasteiger partial charge in [-0.25, -0.2) is 12.7 Å². The minimum atomic E-state index is -3.10. The monoisotopic (exact) mass is 236 g/mol. The van der Waals surface area contributed by atoms with Crippen molar-refractivity contribution in [2.24, 2.45) is 0 Å². The third kappa shape index (κ3) is 6.46. The van der Waals surface area contributed by atoms with Gasteiger partial charge in [-0.2, -0.15) is 0 Å². The van der Waals surface area contributed by atoms with E-state index >= 15 is 0 Å². The van der Waals surface area contributed by atoms with Crippen molar-refractivity contribution in [1.82, 2.24) is 9.62 Å². The Bertz CT molecular complexity index is 288. The number of carbonyl (C=O) groups is 1. The molecule has 15 heavy (non-hydrogen) atoms. The smallest absolute Gasteiger partial charge is 0.219 e. The largest absolute Gasteiger partial charge is 0.356 e. The first-order valence-corrected chi connectivity index (χ1v) is 6.98. The van der Waals surface area contributed by atoms with Crippen molar-refractivity contribution in [3.05, 3.63) is 0 Å². The molecule has 0 fully saturated rings. The molecule has 0 unspecified atom stereocenters. The molecule has 0 atom stereocenters. The number of amides is 1. The summed E-state index contributed by atoms with van der Waals surface area (Å²) in [7, 11) is -3.10. The summed E-state index contributed by atoms with van der Waals surface area (Å²) in [5, 5.41) is 2.70. The van der Waals surface area contributed by atoms with Crippen LogP contribution in [0.3, 0.4) is 0 Å². The zero-order chi connectivity index (χ0) is 11.9. The second kappa shape index (κ2) is 6.79. The molecule has 0 aromatic carbocycles. The Morgan fingerprint density at radius 2 is 1.93 bits per heavy atom. The predicted octanol–water partition coefficient (Wildman–Crippen LogP) is 0.184. The first kappa shape index (κ1) is 14.4. The van der Waals surface area contributed by atoms with Gasteiger partial charge in [-0.3, -0.25) is 4.79 Å². The van der Waals surface area contributed by atoms with E-state index in [9.17, 15) is 13.2 Å². The van der Waals surface area contributed by atoms with Crippen LogP contribution in [0.2, 0.25) is 0 Å². The molecule has 6 heteroatoms. The van der Waals surface area contributed by atoms with E-state index in [0.29, 0.717) is 32.5 Å². The third-order valence-electron chi connectivity index (χ3n) is 2.05. The van der Waals surface area contributed by atoms with Crippen molar-refractivity contribution in [2.75, 3.05) is 25.9 Å². The van der Waals surface area contributed by atoms with Crippen LogP contribution in [0.15, 0.2) is 0 Å². The summed E-state index contributed by atoms with van der Waals surface area (Å²) in [6, 6.07) is 0. The molecule has 0 bridgehead atoms. The zero-order valence-corrected chi connectivity index (χ0v) is 10.4. The molecule has 0 aliphatic heterocycles. The molecule has 0 heterocycles. The van der Waals surface area contributed by atoms with Crippen molar-refractivity contribution in [3.8, 4) is 0 Å². The lowest BCUT2D eigenvalue weighted by Crippen LogP contribution is -2.33. The van der Waals surface area contributed by atoms with Gasteiger partial charge in [0, 0.05) is 26.1 Å². The van der Waals surface area contributed by atoms with Crippen LogP contribution in [0.25, 0.3) is 0 Å². The Kier molecular flexibility index (Phi) is 6.51. The van der Waals surface area contributed by atoms with E-state index in [1.54, 1.807) is 13.8 Å². The Morgan fingerprint density at radius 1 is 1.33 bits per heavy atom. The van der Waals surface area contributed by atoms with Crippen molar-refractivity contribution < 1.29 is 13.2 Å². The fraction of sp³-hybridized carbons (Fsp3) is 0.889. The Balaban J connectivity index is 3.80.